The van der Waals surface area contributed by atoms with Crippen molar-refractivity contribution in [3.05, 3.63) is 24.3 Å². The summed E-state index contributed by atoms with van der Waals surface area (Å²) < 4.78 is 30.4. The van der Waals surface area contributed by atoms with Crippen LogP contribution in [0.3, 0.4) is 0 Å². The Labute approximate surface area is 111 Å². The van der Waals surface area contributed by atoms with Crippen LogP contribution < -0.4 is 5.32 Å². The molecule has 6 nitrogen and oxygen atoms in total. The van der Waals surface area contributed by atoms with Gasteiger partial charge in [0.15, 0.2) is 5.78 Å². The highest BCUT2D eigenvalue weighted by atomic mass is 32.2. The molecule has 1 rings (SSSR count). The van der Waals surface area contributed by atoms with Gasteiger partial charge in [0.1, 0.15) is 5.78 Å². The van der Waals surface area contributed by atoms with Crippen molar-refractivity contribution in [1.82, 2.24) is 0 Å². The second-order valence-electron chi connectivity index (χ2n) is 4.15. The van der Waals surface area contributed by atoms with Crippen LogP contribution in [0.15, 0.2) is 29.2 Å². The first-order valence-electron chi connectivity index (χ1n) is 5.56. The number of rotatable bonds is 6. The van der Waals surface area contributed by atoms with Gasteiger partial charge in [0.25, 0.3) is 10.1 Å². The minimum absolute atomic E-state index is 0.0219. The lowest BCUT2D eigenvalue weighted by Gasteiger charge is -2.09. The molecule has 0 bridgehead atoms. The zero-order valence-electron chi connectivity index (χ0n) is 10.6. The minimum atomic E-state index is -4.21. The molecule has 0 saturated heterocycles. The number of anilines is 1. The Morgan fingerprint density at radius 2 is 1.79 bits per heavy atom. The van der Waals surface area contributed by atoms with E-state index in [1.54, 1.807) is 0 Å². The smallest absolute Gasteiger partial charge is 0.294 e. The quantitative estimate of drug-likeness (QED) is 0.600. The number of hydrogen-bond acceptors (Lipinski definition) is 5. The lowest BCUT2D eigenvalue weighted by Crippen LogP contribution is -2.25. The third kappa shape index (κ3) is 4.46. The van der Waals surface area contributed by atoms with Crippen LogP contribution >= 0.6 is 0 Å². The van der Waals surface area contributed by atoms with Gasteiger partial charge in [-0.2, -0.15) is 8.42 Å². The van der Waals surface area contributed by atoms with Crippen LogP contribution in [-0.4, -0.2) is 31.1 Å². The Kier molecular flexibility index (Phi) is 4.79. The second kappa shape index (κ2) is 5.94. The number of hydrogen-bond donors (Lipinski definition) is 2. The fourth-order valence-corrected chi connectivity index (χ4v) is 1.79. The van der Waals surface area contributed by atoms with E-state index in [1.165, 1.54) is 38.1 Å². The van der Waals surface area contributed by atoms with Crippen LogP contribution in [0, 0.1) is 5.92 Å². The molecule has 7 heteroatoms. The second-order valence-corrected chi connectivity index (χ2v) is 5.57. The van der Waals surface area contributed by atoms with E-state index in [0.29, 0.717) is 5.69 Å². The lowest BCUT2D eigenvalue weighted by atomic mass is 10.0. The van der Waals surface area contributed by atoms with Crippen LogP contribution in [0.4, 0.5) is 5.69 Å². The average Bonchev–Trinajstić information content (AvgIpc) is 2.34. The minimum Gasteiger partial charge on any atom is -0.378 e. The van der Waals surface area contributed by atoms with Gasteiger partial charge in [0.2, 0.25) is 0 Å². The third-order valence-corrected chi connectivity index (χ3v) is 3.58. The summed E-state index contributed by atoms with van der Waals surface area (Å²) in [4.78, 5) is 22.4. The van der Waals surface area contributed by atoms with Crippen molar-refractivity contribution in [3.8, 4) is 0 Å². The predicted octanol–water partition coefficient (Wildman–Crippen LogP) is 1.14. The Morgan fingerprint density at radius 1 is 1.26 bits per heavy atom. The Morgan fingerprint density at radius 3 is 2.21 bits per heavy atom. The van der Waals surface area contributed by atoms with Gasteiger partial charge in [-0.3, -0.25) is 14.1 Å². The van der Waals surface area contributed by atoms with Crippen molar-refractivity contribution < 1.29 is 22.6 Å². The van der Waals surface area contributed by atoms with Gasteiger partial charge < -0.3 is 5.32 Å². The van der Waals surface area contributed by atoms with E-state index < -0.39 is 16.0 Å². The van der Waals surface area contributed by atoms with E-state index in [9.17, 15) is 18.0 Å². The molecule has 0 heterocycles. The molecule has 0 saturated carbocycles. The molecular weight excluding hydrogens is 270 g/mol. The standard InChI is InChI=1S/C12H15NO5S/c1-8(9(2)14)12(15)7-13-10-3-5-11(6-4-10)19(16,17)18/h3-6,8,13H,7H2,1-2H3,(H,16,17,18). The number of carbonyl (C=O) groups excluding carboxylic acids is 2. The Balaban J connectivity index is 2.65. The zero-order valence-corrected chi connectivity index (χ0v) is 11.4. The number of nitrogens with one attached hydrogen (secondary N) is 1. The molecule has 0 radical (unpaired) electrons. The molecule has 0 aliphatic rings. The molecule has 0 fully saturated rings. The molecule has 19 heavy (non-hydrogen) atoms. The van der Waals surface area contributed by atoms with Crippen molar-refractivity contribution in [2.75, 3.05) is 11.9 Å². The van der Waals surface area contributed by atoms with Crippen LogP contribution in [0.2, 0.25) is 0 Å². The van der Waals surface area contributed by atoms with E-state index in [-0.39, 0.29) is 23.0 Å². The van der Waals surface area contributed by atoms with Gasteiger partial charge in [-0.25, -0.2) is 0 Å². The van der Waals surface area contributed by atoms with Gasteiger partial charge >= 0.3 is 0 Å². The predicted molar refractivity (Wildman–Crippen MR) is 69.6 cm³/mol. The highest BCUT2D eigenvalue weighted by Crippen LogP contribution is 2.13. The zero-order chi connectivity index (χ0) is 14.6. The van der Waals surface area contributed by atoms with Gasteiger partial charge in [-0.1, -0.05) is 0 Å². The lowest BCUT2D eigenvalue weighted by molar-refractivity contribution is -0.129. The molecular formula is C12H15NO5S. The maximum absolute atomic E-state index is 11.6. The van der Waals surface area contributed by atoms with E-state index >= 15 is 0 Å². The summed E-state index contributed by atoms with van der Waals surface area (Å²) in [6.07, 6.45) is 0. The number of ketones is 2. The molecule has 1 atom stereocenters. The summed E-state index contributed by atoms with van der Waals surface area (Å²) in [5, 5.41) is 2.78. The van der Waals surface area contributed by atoms with E-state index in [1.807, 2.05) is 0 Å². The summed E-state index contributed by atoms with van der Waals surface area (Å²) in [5.74, 6) is -1.11. The molecule has 0 aliphatic carbocycles. The van der Waals surface area contributed by atoms with E-state index in [2.05, 4.69) is 5.32 Å². The molecule has 0 aliphatic heterocycles. The maximum Gasteiger partial charge on any atom is 0.294 e. The van der Waals surface area contributed by atoms with Crippen LogP contribution in [-0.2, 0) is 19.7 Å². The molecule has 2 N–H and O–H groups in total. The first-order valence-corrected chi connectivity index (χ1v) is 7.00. The first kappa shape index (κ1) is 15.3. The van der Waals surface area contributed by atoms with Crippen molar-refractivity contribution in [2.45, 2.75) is 18.7 Å². The van der Waals surface area contributed by atoms with Crippen molar-refractivity contribution >= 4 is 27.4 Å². The molecule has 0 aromatic heterocycles. The molecule has 0 amide bonds. The third-order valence-electron chi connectivity index (χ3n) is 2.71. The summed E-state index contributed by atoms with van der Waals surface area (Å²) in [6, 6.07) is 5.29. The van der Waals surface area contributed by atoms with Gasteiger partial charge in [0.05, 0.1) is 17.4 Å². The SMILES string of the molecule is CC(=O)C(C)C(=O)CNc1ccc(S(=O)(=O)O)cc1. The largest absolute Gasteiger partial charge is 0.378 e. The summed E-state index contributed by atoms with van der Waals surface area (Å²) >= 11 is 0. The molecule has 1 aromatic carbocycles. The monoisotopic (exact) mass is 285 g/mol. The summed E-state index contributed by atoms with van der Waals surface area (Å²) in [6.45, 7) is 2.86. The average molecular weight is 285 g/mol. The number of benzene rings is 1. The van der Waals surface area contributed by atoms with Gasteiger partial charge in [0, 0.05) is 5.69 Å². The Bertz CT molecular complexity index is 577. The topological polar surface area (TPSA) is 101 Å². The normalized spacial score (nSPS) is 12.8. The van der Waals surface area contributed by atoms with Crippen molar-refractivity contribution in [3.63, 3.8) is 0 Å². The highest BCUT2D eigenvalue weighted by Gasteiger charge is 2.17. The van der Waals surface area contributed by atoms with Gasteiger partial charge in [-0.05, 0) is 38.1 Å². The number of carbonyl (C=O) groups is 2. The van der Waals surface area contributed by atoms with Crippen LogP contribution in [0.5, 0.6) is 0 Å². The fraction of sp³-hybridized carbons (Fsp3) is 0.333. The number of Topliss-reactive ketones (excluding diaryl/α,β-unsaturated/α-hetero) is 2. The van der Waals surface area contributed by atoms with Crippen LogP contribution in [0.1, 0.15) is 13.8 Å². The summed E-state index contributed by atoms with van der Waals surface area (Å²) in [7, 11) is -4.21. The van der Waals surface area contributed by atoms with Gasteiger partial charge in [-0.15, -0.1) is 0 Å². The Hall–Kier alpha value is -1.73. The van der Waals surface area contributed by atoms with Crippen molar-refractivity contribution in [2.24, 2.45) is 5.92 Å². The van der Waals surface area contributed by atoms with Crippen molar-refractivity contribution in [1.29, 1.82) is 0 Å². The highest BCUT2D eigenvalue weighted by molar-refractivity contribution is 7.85. The first-order chi connectivity index (χ1) is 8.71. The molecule has 1 aromatic rings. The fourth-order valence-electron chi connectivity index (χ4n) is 1.31. The molecule has 0 spiro atoms. The van der Waals surface area contributed by atoms with E-state index in [0.717, 1.165) is 0 Å². The molecule has 104 valence electrons. The maximum atomic E-state index is 11.6. The van der Waals surface area contributed by atoms with E-state index in [4.69, 9.17) is 4.55 Å². The summed E-state index contributed by atoms with van der Waals surface area (Å²) in [5.41, 5.74) is 0.525. The van der Waals surface area contributed by atoms with Crippen LogP contribution in [0.25, 0.3) is 0 Å². The molecule has 1 unspecified atom stereocenters.